The smallest absolute Gasteiger partial charge is 0.222 e. The quantitative estimate of drug-likeness (QED) is 0.496. The summed E-state index contributed by atoms with van der Waals surface area (Å²) in [6, 6.07) is 6.66. The lowest BCUT2D eigenvalue weighted by Gasteiger charge is -2.56. The van der Waals surface area contributed by atoms with Crippen molar-refractivity contribution in [2.45, 2.75) is 74.0 Å². The van der Waals surface area contributed by atoms with Crippen molar-refractivity contribution in [1.29, 1.82) is 0 Å². The first-order valence-corrected chi connectivity index (χ1v) is 11.4. The number of rotatable bonds is 6. The molecule has 1 aliphatic carbocycles. The van der Waals surface area contributed by atoms with Crippen molar-refractivity contribution >= 4 is 40.7 Å². The van der Waals surface area contributed by atoms with Crippen LogP contribution in [0.3, 0.4) is 0 Å². The fraction of sp³-hybridized carbons (Fsp3) is 0.682. The molecule has 0 spiro atoms. The van der Waals surface area contributed by atoms with E-state index in [-0.39, 0.29) is 30.2 Å². The van der Waals surface area contributed by atoms with Crippen LogP contribution < -0.4 is 4.74 Å². The van der Waals surface area contributed by atoms with E-state index in [4.69, 9.17) is 39.5 Å². The molecule has 0 aromatic heterocycles. The number of nitrogens with zero attached hydrogens (tertiary/aromatic N) is 1. The van der Waals surface area contributed by atoms with Crippen LogP contribution in [-0.4, -0.2) is 34.3 Å². The number of ether oxygens (including phenoxy) is 1. The molecule has 3 rings (SSSR count). The first-order chi connectivity index (χ1) is 13.2. The van der Waals surface area contributed by atoms with Crippen LogP contribution in [0.5, 0.6) is 5.75 Å². The Morgan fingerprint density at radius 2 is 2.11 bits per heavy atom. The van der Waals surface area contributed by atoms with Crippen LogP contribution in [0.1, 0.15) is 63.5 Å². The van der Waals surface area contributed by atoms with Gasteiger partial charge < -0.3 is 9.64 Å². The third kappa shape index (κ3) is 4.27. The molecule has 3 nitrogen and oxygen atoms in total. The van der Waals surface area contributed by atoms with Gasteiger partial charge in [-0.15, -0.1) is 0 Å². The standard InChI is InChI=1S/C22H30Cl3NO2/c1-4-5-9-21-11-12-26(20(27)8-10-22(23,24)25)19(15(21)2)13-16-6-7-17(28-3)14-18(16)21/h6-7,14-15,19H,4-5,8-13H2,1-3H3. The molecule has 3 unspecified atom stereocenters. The Labute approximate surface area is 183 Å². The highest BCUT2D eigenvalue weighted by Crippen LogP contribution is 2.52. The Balaban J connectivity index is 1.92. The van der Waals surface area contributed by atoms with Crippen molar-refractivity contribution < 1.29 is 9.53 Å². The number of unbranched alkanes of at least 4 members (excludes halogenated alkanes) is 1. The number of hydrogen-bond acceptors (Lipinski definition) is 2. The SMILES string of the molecule is CCCCC12CCN(C(=O)CCC(Cl)(Cl)Cl)C(Cc3ccc(OC)cc31)C2C. The fourth-order valence-electron chi connectivity index (χ4n) is 5.25. The number of carbonyl (C=O) groups is 1. The third-order valence-electron chi connectivity index (χ3n) is 6.85. The molecule has 156 valence electrons. The van der Waals surface area contributed by atoms with Gasteiger partial charge in [0.1, 0.15) is 5.75 Å². The van der Waals surface area contributed by atoms with Gasteiger partial charge in [-0.25, -0.2) is 0 Å². The topological polar surface area (TPSA) is 29.5 Å². The van der Waals surface area contributed by atoms with Crippen LogP contribution in [0.25, 0.3) is 0 Å². The second-order valence-corrected chi connectivity index (χ2v) is 10.8. The first kappa shape index (κ1) is 22.1. The van der Waals surface area contributed by atoms with Crippen LogP contribution >= 0.6 is 34.8 Å². The largest absolute Gasteiger partial charge is 0.497 e. The van der Waals surface area contributed by atoms with E-state index in [0.717, 1.165) is 31.6 Å². The minimum Gasteiger partial charge on any atom is -0.497 e. The summed E-state index contributed by atoms with van der Waals surface area (Å²) in [4.78, 5) is 15.0. The lowest BCUT2D eigenvalue weighted by atomic mass is 9.56. The summed E-state index contributed by atoms with van der Waals surface area (Å²) in [7, 11) is 1.72. The predicted octanol–water partition coefficient (Wildman–Crippen LogP) is 6.07. The zero-order chi connectivity index (χ0) is 20.5. The Bertz CT molecular complexity index is 718. The van der Waals surface area contributed by atoms with Crippen molar-refractivity contribution in [2.75, 3.05) is 13.7 Å². The molecule has 1 fully saturated rings. The molecule has 1 heterocycles. The number of hydrogen-bond donors (Lipinski definition) is 0. The highest BCUT2D eigenvalue weighted by atomic mass is 35.6. The maximum atomic E-state index is 13.0. The van der Waals surface area contributed by atoms with Crippen molar-refractivity contribution in [3.63, 3.8) is 0 Å². The molecule has 1 amide bonds. The van der Waals surface area contributed by atoms with Gasteiger partial charge in [0, 0.05) is 30.8 Å². The molecule has 1 saturated heterocycles. The Kier molecular flexibility index (Phi) is 6.79. The molecule has 1 aromatic carbocycles. The molecular formula is C22H30Cl3NO2. The van der Waals surface area contributed by atoms with Gasteiger partial charge >= 0.3 is 0 Å². The van der Waals surface area contributed by atoms with Gasteiger partial charge in [-0.3, -0.25) is 4.79 Å². The summed E-state index contributed by atoms with van der Waals surface area (Å²) >= 11 is 17.6. The van der Waals surface area contributed by atoms with Gasteiger partial charge in [0.05, 0.1) is 7.11 Å². The van der Waals surface area contributed by atoms with Crippen molar-refractivity contribution in [3.05, 3.63) is 29.3 Å². The van der Waals surface area contributed by atoms with E-state index in [1.165, 1.54) is 24.0 Å². The Morgan fingerprint density at radius 1 is 1.36 bits per heavy atom. The van der Waals surface area contributed by atoms with Gasteiger partial charge in [0.2, 0.25) is 5.91 Å². The highest BCUT2D eigenvalue weighted by Gasteiger charge is 2.51. The van der Waals surface area contributed by atoms with Crippen LogP contribution in [0, 0.1) is 5.92 Å². The molecule has 0 N–H and O–H groups in total. The molecule has 28 heavy (non-hydrogen) atoms. The van der Waals surface area contributed by atoms with E-state index in [1.807, 2.05) is 6.07 Å². The van der Waals surface area contributed by atoms with Crippen molar-refractivity contribution in [1.82, 2.24) is 4.90 Å². The monoisotopic (exact) mass is 445 g/mol. The van der Waals surface area contributed by atoms with Crippen molar-refractivity contribution in [3.8, 4) is 5.75 Å². The van der Waals surface area contributed by atoms with Gasteiger partial charge in [-0.2, -0.15) is 0 Å². The molecule has 2 aliphatic rings. The van der Waals surface area contributed by atoms with Crippen LogP contribution in [0.2, 0.25) is 0 Å². The van der Waals surface area contributed by atoms with Crippen molar-refractivity contribution in [2.24, 2.45) is 5.92 Å². The van der Waals surface area contributed by atoms with E-state index in [1.54, 1.807) is 7.11 Å². The summed E-state index contributed by atoms with van der Waals surface area (Å²) < 4.78 is 4.15. The maximum Gasteiger partial charge on any atom is 0.222 e. The van der Waals surface area contributed by atoms with Gasteiger partial charge in [0.25, 0.3) is 0 Å². The van der Waals surface area contributed by atoms with Gasteiger partial charge in [-0.05, 0) is 48.4 Å². The molecular weight excluding hydrogens is 417 g/mol. The second kappa shape index (κ2) is 8.62. The minimum absolute atomic E-state index is 0.101. The number of halogens is 3. The van der Waals surface area contributed by atoms with Gasteiger partial charge in [0.15, 0.2) is 3.79 Å². The molecule has 1 aromatic rings. The normalized spacial score (nSPS) is 26.7. The number of alkyl halides is 3. The third-order valence-corrected chi connectivity index (χ3v) is 7.42. The van der Waals surface area contributed by atoms with E-state index in [9.17, 15) is 4.79 Å². The summed E-state index contributed by atoms with van der Waals surface area (Å²) in [6.45, 7) is 5.33. The zero-order valence-corrected chi connectivity index (χ0v) is 19.2. The molecule has 1 aliphatic heterocycles. The number of benzene rings is 1. The summed E-state index contributed by atoms with van der Waals surface area (Å²) in [6.07, 6.45) is 5.90. The summed E-state index contributed by atoms with van der Waals surface area (Å²) in [5.41, 5.74) is 2.88. The lowest BCUT2D eigenvalue weighted by Crippen LogP contribution is -2.60. The summed E-state index contributed by atoms with van der Waals surface area (Å²) in [5.74, 6) is 1.41. The molecule has 6 heteroatoms. The van der Waals surface area contributed by atoms with E-state index < -0.39 is 3.79 Å². The molecule has 2 bridgehead atoms. The predicted molar refractivity (Wildman–Crippen MR) is 117 cm³/mol. The van der Waals surface area contributed by atoms with E-state index in [0.29, 0.717) is 5.92 Å². The number of likely N-dealkylation sites (tertiary alicyclic amines) is 1. The van der Waals surface area contributed by atoms with E-state index in [2.05, 4.69) is 30.9 Å². The van der Waals surface area contributed by atoms with Gasteiger partial charge in [-0.1, -0.05) is 67.6 Å². The Hall–Kier alpha value is -0.640. The molecule has 3 atom stereocenters. The minimum atomic E-state index is -1.38. The molecule has 0 saturated carbocycles. The average molecular weight is 447 g/mol. The Morgan fingerprint density at radius 3 is 2.75 bits per heavy atom. The molecule has 0 radical (unpaired) electrons. The zero-order valence-electron chi connectivity index (χ0n) is 16.9. The number of amides is 1. The van der Waals surface area contributed by atoms with E-state index >= 15 is 0 Å². The number of methoxy groups -OCH3 is 1. The van der Waals surface area contributed by atoms with Crippen LogP contribution in [0.4, 0.5) is 0 Å². The number of piperidine rings is 1. The fourth-order valence-corrected chi connectivity index (χ4v) is 5.53. The summed E-state index contributed by atoms with van der Waals surface area (Å²) in [5, 5.41) is 0. The first-order valence-electron chi connectivity index (χ1n) is 10.3. The van der Waals surface area contributed by atoms with Crippen LogP contribution in [0.15, 0.2) is 18.2 Å². The number of fused-ring (bicyclic) bond motifs is 4. The highest BCUT2D eigenvalue weighted by molar-refractivity contribution is 6.67. The maximum absolute atomic E-state index is 13.0. The lowest BCUT2D eigenvalue weighted by molar-refractivity contribution is -0.139. The average Bonchev–Trinajstić information content (AvgIpc) is 2.65. The number of carbonyl (C=O) groups excluding carboxylic acids is 1. The second-order valence-electron chi connectivity index (χ2n) is 8.30. The van der Waals surface area contributed by atoms with Crippen LogP contribution in [-0.2, 0) is 16.6 Å².